The number of halogens is 1. The van der Waals surface area contributed by atoms with Crippen molar-refractivity contribution in [3.05, 3.63) is 34.9 Å². The van der Waals surface area contributed by atoms with E-state index in [-0.39, 0.29) is 24.0 Å². The van der Waals surface area contributed by atoms with Crippen molar-refractivity contribution in [3.8, 4) is 0 Å². The summed E-state index contributed by atoms with van der Waals surface area (Å²) in [6.45, 7) is 14.7. The Morgan fingerprint density at radius 1 is 1.12 bits per heavy atom. The molecule has 0 aromatic heterocycles. The van der Waals surface area contributed by atoms with Gasteiger partial charge in [-0.25, -0.2) is 4.99 Å². The van der Waals surface area contributed by atoms with Gasteiger partial charge in [0.15, 0.2) is 5.96 Å². The predicted octanol–water partition coefficient (Wildman–Crippen LogP) is 2.61. The van der Waals surface area contributed by atoms with Crippen LogP contribution in [-0.4, -0.2) is 68.6 Å². The fourth-order valence-corrected chi connectivity index (χ4v) is 3.19. The zero-order chi connectivity index (χ0) is 18.1. The highest BCUT2D eigenvalue weighted by molar-refractivity contribution is 14.0. The highest BCUT2D eigenvalue weighted by atomic mass is 127. The van der Waals surface area contributed by atoms with Crippen LogP contribution in [0.5, 0.6) is 0 Å². The van der Waals surface area contributed by atoms with Gasteiger partial charge in [-0.3, -0.25) is 0 Å². The van der Waals surface area contributed by atoms with Gasteiger partial charge in [0.05, 0.1) is 6.54 Å². The zero-order valence-corrected chi connectivity index (χ0v) is 19.2. The molecule has 148 valence electrons. The van der Waals surface area contributed by atoms with Crippen LogP contribution >= 0.6 is 24.0 Å². The summed E-state index contributed by atoms with van der Waals surface area (Å²) in [4.78, 5) is 9.72. The molecule has 1 aliphatic rings. The van der Waals surface area contributed by atoms with E-state index in [0.717, 1.165) is 38.7 Å². The molecule has 2 rings (SSSR count). The van der Waals surface area contributed by atoms with Crippen LogP contribution in [0.25, 0.3) is 0 Å². The van der Waals surface area contributed by atoms with Gasteiger partial charge in [0.1, 0.15) is 0 Å². The molecular weight excluding hydrogens is 437 g/mol. The first kappa shape index (κ1) is 23.2. The zero-order valence-electron chi connectivity index (χ0n) is 16.8. The average Bonchev–Trinajstić information content (AvgIpc) is 2.78. The van der Waals surface area contributed by atoms with E-state index in [2.05, 4.69) is 66.5 Å². The molecule has 26 heavy (non-hydrogen) atoms. The molecule has 0 atom stereocenters. The van der Waals surface area contributed by atoms with E-state index in [4.69, 9.17) is 4.99 Å². The van der Waals surface area contributed by atoms with Crippen molar-refractivity contribution in [2.75, 3.05) is 52.9 Å². The Labute approximate surface area is 176 Å². The van der Waals surface area contributed by atoms with Crippen LogP contribution in [-0.2, 0) is 6.54 Å². The fraction of sp³-hybridized carbons (Fsp3) is 0.650. The molecule has 2 N–H and O–H groups in total. The standard InChI is InChI=1S/C20H35N5.HI/c1-5-21-20(23-16-19-8-7-17(2)15-18(19)3)22-9-12-25-11-6-10-24(4)13-14-25;/h7-8,15H,5-6,9-14,16H2,1-4H3,(H2,21,22,23);1H. The molecule has 0 aliphatic carbocycles. The summed E-state index contributed by atoms with van der Waals surface area (Å²) >= 11 is 0. The number of aliphatic imine (C=N–C) groups is 1. The van der Waals surface area contributed by atoms with Crippen LogP contribution in [0.2, 0.25) is 0 Å². The maximum Gasteiger partial charge on any atom is 0.191 e. The van der Waals surface area contributed by atoms with Gasteiger partial charge in [-0.1, -0.05) is 23.8 Å². The van der Waals surface area contributed by atoms with Crippen LogP contribution in [0.3, 0.4) is 0 Å². The van der Waals surface area contributed by atoms with Gasteiger partial charge in [-0.15, -0.1) is 24.0 Å². The Kier molecular flexibility index (Phi) is 11.2. The van der Waals surface area contributed by atoms with E-state index in [1.165, 1.54) is 42.7 Å². The van der Waals surface area contributed by atoms with Crippen molar-refractivity contribution in [2.24, 2.45) is 4.99 Å². The lowest BCUT2D eigenvalue weighted by atomic mass is 10.1. The van der Waals surface area contributed by atoms with Gasteiger partial charge >= 0.3 is 0 Å². The number of aryl methyl sites for hydroxylation is 2. The normalized spacial score (nSPS) is 16.7. The molecule has 0 bridgehead atoms. The second-order valence-corrected chi connectivity index (χ2v) is 7.05. The van der Waals surface area contributed by atoms with E-state index in [1.807, 2.05) is 0 Å². The number of hydrogen-bond donors (Lipinski definition) is 2. The summed E-state index contributed by atoms with van der Waals surface area (Å²) in [5.41, 5.74) is 3.91. The summed E-state index contributed by atoms with van der Waals surface area (Å²) in [7, 11) is 2.21. The number of nitrogens with one attached hydrogen (secondary N) is 2. The molecule has 5 nitrogen and oxygen atoms in total. The van der Waals surface area contributed by atoms with Gasteiger partial charge in [-0.2, -0.15) is 0 Å². The topological polar surface area (TPSA) is 42.9 Å². The Morgan fingerprint density at radius 3 is 2.65 bits per heavy atom. The molecule has 1 aromatic rings. The van der Waals surface area contributed by atoms with Crippen molar-refractivity contribution in [2.45, 2.75) is 33.7 Å². The molecule has 6 heteroatoms. The minimum atomic E-state index is 0. The van der Waals surface area contributed by atoms with Crippen molar-refractivity contribution < 1.29 is 0 Å². The van der Waals surface area contributed by atoms with Gasteiger partial charge in [0, 0.05) is 32.7 Å². The number of hydrogen-bond acceptors (Lipinski definition) is 3. The lowest BCUT2D eigenvalue weighted by molar-refractivity contribution is 0.280. The van der Waals surface area contributed by atoms with Gasteiger partial charge in [0.25, 0.3) is 0 Å². The molecule has 1 fully saturated rings. The quantitative estimate of drug-likeness (QED) is 0.379. The van der Waals surface area contributed by atoms with Crippen LogP contribution in [0, 0.1) is 13.8 Å². The molecule has 1 aromatic carbocycles. The molecule has 1 heterocycles. The third-order valence-corrected chi connectivity index (χ3v) is 4.78. The van der Waals surface area contributed by atoms with E-state index in [1.54, 1.807) is 0 Å². The number of guanidine groups is 1. The van der Waals surface area contributed by atoms with E-state index >= 15 is 0 Å². The number of rotatable bonds is 6. The first-order chi connectivity index (χ1) is 12.1. The third-order valence-electron chi connectivity index (χ3n) is 4.78. The minimum absolute atomic E-state index is 0. The maximum atomic E-state index is 4.76. The second kappa shape index (κ2) is 12.5. The van der Waals surface area contributed by atoms with E-state index < -0.39 is 0 Å². The fourth-order valence-electron chi connectivity index (χ4n) is 3.19. The lowest BCUT2D eigenvalue weighted by Gasteiger charge is -2.21. The number of likely N-dealkylation sites (N-methyl/N-ethyl adjacent to an activating group) is 1. The van der Waals surface area contributed by atoms with Crippen LogP contribution < -0.4 is 10.6 Å². The van der Waals surface area contributed by atoms with Crippen LogP contribution in [0.15, 0.2) is 23.2 Å². The van der Waals surface area contributed by atoms with E-state index in [9.17, 15) is 0 Å². The molecule has 0 unspecified atom stereocenters. The predicted molar refractivity (Wildman–Crippen MR) is 123 cm³/mol. The number of nitrogens with zero attached hydrogens (tertiary/aromatic N) is 3. The molecule has 1 saturated heterocycles. The smallest absolute Gasteiger partial charge is 0.191 e. The first-order valence-corrected chi connectivity index (χ1v) is 9.57. The summed E-state index contributed by atoms with van der Waals surface area (Å²) in [6, 6.07) is 6.57. The Hall–Kier alpha value is -0.860. The highest BCUT2D eigenvalue weighted by Crippen LogP contribution is 2.11. The van der Waals surface area contributed by atoms with Crippen molar-refractivity contribution in [1.82, 2.24) is 20.4 Å². The summed E-state index contributed by atoms with van der Waals surface area (Å²) in [5.74, 6) is 0.911. The third kappa shape index (κ3) is 8.22. The largest absolute Gasteiger partial charge is 0.357 e. The summed E-state index contributed by atoms with van der Waals surface area (Å²) in [5, 5.41) is 6.84. The molecule has 0 saturated carbocycles. The summed E-state index contributed by atoms with van der Waals surface area (Å²) in [6.07, 6.45) is 1.26. The Bertz CT molecular complexity index is 561. The number of benzene rings is 1. The van der Waals surface area contributed by atoms with Crippen molar-refractivity contribution in [1.29, 1.82) is 0 Å². The molecule has 0 spiro atoms. The summed E-state index contributed by atoms with van der Waals surface area (Å²) < 4.78 is 0. The van der Waals surface area contributed by atoms with E-state index in [0.29, 0.717) is 0 Å². The molecule has 1 aliphatic heterocycles. The Balaban J connectivity index is 0.00000338. The SMILES string of the molecule is CCNC(=NCc1ccc(C)cc1C)NCCN1CCCN(C)CC1.I. The molecule has 0 radical (unpaired) electrons. The monoisotopic (exact) mass is 473 g/mol. The highest BCUT2D eigenvalue weighted by Gasteiger charge is 2.11. The van der Waals surface area contributed by atoms with Crippen LogP contribution in [0.4, 0.5) is 0 Å². The molecule has 0 amide bonds. The molecular formula is C20H36IN5. The minimum Gasteiger partial charge on any atom is -0.357 e. The van der Waals surface area contributed by atoms with Gasteiger partial charge < -0.3 is 20.4 Å². The van der Waals surface area contributed by atoms with Crippen molar-refractivity contribution in [3.63, 3.8) is 0 Å². The van der Waals surface area contributed by atoms with Crippen LogP contribution in [0.1, 0.15) is 30.0 Å². The lowest BCUT2D eigenvalue weighted by Crippen LogP contribution is -2.42. The maximum absolute atomic E-state index is 4.76. The van der Waals surface area contributed by atoms with Crippen molar-refractivity contribution >= 4 is 29.9 Å². The second-order valence-electron chi connectivity index (χ2n) is 7.05. The average molecular weight is 473 g/mol. The Morgan fingerprint density at radius 2 is 1.92 bits per heavy atom. The van der Waals surface area contributed by atoms with Gasteiger partial charge in [0.2, 0.25) is 0 Å². The van der Waals surface area contributed by atoms with Gasteiger partial charge in [-0.05, 0) is 58.5 Å². The first-order valence-electron chi connectivity index (χ1n) is 9.57.